The number of hydrogen-bond donors (Lipinski definition) is 1. The number of aromatic nitrogens is 1. The fraction of sp³-hybridized carbons (Fsp3) is 0.550. The molecule has 7 heteroatoms. The second kappa shape index (κ2) is 6.34. The van der Waals surface area contributed by atoms with Gasteiger partial charge in [0.15, 0.2) is 9.84 Å². The molecule has 3 fully saturated rings. The maximum absolute atomic E-state index is 13.1. The van der Waals surface area contributed by atoms with Crippen LogP contribution in [0.25, 0.3) is 10.9 Å². The Morgan fingerprint density at radius 1 is 1.11 bits per heavy atom. The second-order valence-electron chi connectivity index (χ2n) is 8.27. The summed E-state index contributed by atoms with van der Waals surface area (Å²) in [7, 11) is -3.08. The number of H-pyrrole nitrogens is 1. The molecule has 27 heavy (non-hydrogen) atoms. The Morgan fingerprint density at radius 2 is 1.89 bits per heavy atom. The third-order valence-corrected chi connectivity index (χ3v) is 8.02. The predicted molar refractivity (Wildman–Crippen MR) is 104 cm³/mol. The van der Waals surface area contributed by atoms with Crippen molar-refractivity contribution in [3.63, 3.8) is 0 Å². The van der Waals surface area contributed by atoms with Crippen LogP contribution in [-0.2, 0) is 21.1 Å². The highest BCUT2D eigenvalue weighted by molar-refractivity contribution is 7.91. The lowest BCUT2D eigenvalue weighted by Gasteiger charge is -2.44. The van der Waals surface area contributed by atoms with Crippen molar-refractivity contribution in [2.45, 2.75) is 31.3 Å². The van der Waals surface area contributed by atoms with Crippen molar-refractivity contribution in [2.75, 3.05) is 31.1 Å². The number of fused-ring (bicyclic) bond motifs is 2. The van der Waals surface area contributed by atoms with E-state index in [1.165, 1.54) is 12.8 Å². The van der Waals surface area contributed by atoms with Crippen LogP contribution in [0, 0.1) is 5.92 Å². The minimum atomic E-state index is -3.08. The van der Waals surface area contributed by atoms with Crippen LogP contribution in [0.2, 0.25) is 0 Å². The smallest absolute Gasteiger partial charge is 0.227 e. The van der Waals surface area contributed by atoms with Crippen LogP contribution in [-0.4, -0.2) is 72.3 Å². The van der Waals surface area contributed by atoms with Crippen LogP contribution in [0.1, 0.15) is 18.4 Å². The molecule has 1 aromatic carbocycles. The Hall–Kier alpha value is -1.86. The average Bonchev–Trinajstić information content (AvgIpc) is 3.27. The first kappa shape index (κ1) is 17.3. The molecular weight excluding hydrogens is 362 g/mol. The van der Waals surface area contributed by atoms with Crippen LogP contribution >= 0.6 is 0 Å². The Morgan fingerprint density at radius 3 is 2.70 bits per heavy atom. The molecule has 1 aliphatic carbocycles. The summed E-state index contributed by atoms with van der Waals surface area (Å²) in [6.45, 7) is 2.40. The van der Waals surface area contributed by atoms with Gasteiger partial charge in [0.25, 0.3) is 0 Å². The van der Waals surface area contributed by atoms with E-state index in [2.05, 4.69) is 9.88 Å². The van der Waals surface area contributed by atoms with E-state index in [0.29, 0.717) is 13.0 Å². The van der Waals surface area contributed by atoms with Crippen LogP contribution in [0.5, 0.6) is 0 Å². The number of carbonyl (C=O) groups excluding carboxylic acids is 1. The van der Waals surface area contributed by atoms with Gasteiger partial charge in [0, 0.05) is 42.8 Å². The van der Waals surface area contributed by atoms with Gasteiger partial charge in [0.05, 0.1) is 24.0 Å². The van der Waals surface area contributed by atoms with Gasteiger partial charge in [-0.25, -0.2) is 8.42 Å². The average molecular weight is 388 g/mol. The normalized spacial score (nSPS) is 27.8. The fourth-order valence-corrected chi connectivity index (χ4v) is 6.75. The topological polar surface area (TPSA) is 73.5 Å². The van der Waals surface area contributed by atoms with Gasteiger partial charge in [-0.2, -0.15) is 0 Å². The van der Waals surface area contributed by atoms with Crippen LogP contribution in [0.15, 0.2) is 30.5 Å². The van der Waals surface area contributed by atoms with E-state index >= 15 is 0 Å². The molecule has 0 spiro atoms. The summed E-state index contributed by atoms with van der Waals surface area (Å²) in [6, 6.07) is 7.74. The number of nitrogens with one attached hydrogen (secondary N) is 1. The maximum atomic E-state index is 13.1. The van der Waals surface area contributed by atoms with Crippen molar-refractivity contribution in [3.8, 4) is 0 Å². The summed E-state index contributed by atoms with van der Waals surface area (Å²) >= 11 is 0. The Balaban J connectivity index is 1.37. The van der Waals surface area contributed by atoms with E-state index in [-0.39, 0.29) is 29.5 Å². The number of piperazine rings is 1. The number of carbonyl (C=O) groups is 1. The van der Waals surface area contributed by atoms with Gasteiger partial charge in [-0.05, 0) is 30.4 Å². The lowest BCUT2D eigenvalue weighted by Crippen LogP contribution is -2.61. The minimum absolute atomic E-state index is 0.0312. The third-order valence-electron chi connectivity index (χ3n) is 6.32. The lowest BCUT2D eigenvalue weighted by atomic mass is 10.0. The molecule has 2 saturated heterocycles. The Labute approximate surface area is 159 Å². The molecule has 0 unspecified atom stereocenters. The summed E-state index contributed by atoms with van der Waals surface area (Å²) in [5.41, 5.74) is 2.00. The molecule has 3 heterocycles. The fourth-order valence-electron chi connectivity index (χ4n) is 4.74. The summed E-state index contributed by atoms with van der Waals surface area (Å²) in [5, 5.41) is 1.06. The number of sulfone groups is 1. The number of benzene rings is 1. The lowest BCUT2D eigenvalue weighted by molar-refractivity contribution is -0.136. The molecular formula is C20H25N3O3S. The van der Waals surface area contributed by atoms with Gasteiger partial charge in [-0.15, -0.1) is 0 Å². The van der Waals surface area contributed by atoms with Gasteiger partial charge in [0.1, 0.15) is 0 Å². The predicted octanol–water partition coefficient (Wildman–Crippen LogP) is 1.43. The molecule has 2 atom stereocenters. The van der Waals surface area contributed by atoms with Gasteiger partial charge < -0.3 is 9.88 Å². The van der Waals surface area contributed by atoms with E-state index in [9.17, 15) is 13.2 Å². The summed E-state index contributed by atoms with van der Waals surface area (Å²) in [5.74, 6) is 1.07. The second-order valence-corrected chi connectivity index (χ2v) is 10.4. The number of aromatic amines is 1. The Kier molecular flexibility index (Phi) is 4.05. The van der Waals surface area contributed by atoms with Crippen molar-refractivity contribution < 1.29 is 13.2 Å². The summed E-state index contributed by atoms with van der Waals surface area (Å²) in [4.78, 5) is 20.5. The molecule has 3 aliphatic rings. The molecule has 0 radical (unpaired) electrons. The standard InChI is InChI=1S/C20H25N3O3S/c24-20(9-15-10-21-17-4-2-1-3-16(15)17)23-8-7-22(11-14-5-6-14)18-12-27(25,26)13-19(18)23/h1-4,10,14,18-19,21H,5-9,11-13H2/t18-,19+/m1/s1. The monoisotopic (exact) mass is 387 g/mol. The number of hydrogen-bond acceptors (Lipinski definition) is 4. The molecule has 1 aromatic heterocycles. The molecule has 5 rings (SSSR count). The van der Waals surface area contributed by atoms with Crippen molar-refractivity contribution >= 4 is 26.6 Å². The van der Waals surface area contributed by atoms with Gasteiger partial charge in [-0.3, -0.25) is 9.69 Å². The highest BCUT2D eigenvalue weighted by atomic mass is 32.2. The van der Waals surface area contributed by atoms with E-state index in [1.54, 1.807) is 0 Å². The van der Waals surface area contributed by atoms with Crippen LogP contribution in [0.4, 0.5) is 0 Å². The first-order valence-electron chi connectivity index (χ1n) is 9.79. The van der Waals surface area contributed by atoms with Crippen LogP contribution < -0.4 is 0 Å². The largest absolute Gasteiger partial charge is 0.361 e. The van der Waals surface area contributed by atoms with E-state index < -0.39 is 9.84 Å². The quantitative estimate of drug-likeness (QED) is 0.861. The maximum Gasteiger partial charge on any atom is 0.227 e. The number of para-hydroxylation sites is 1. The molecule has 6 nitrogen and oxygen atoms in total. The summed E-state index contributed by atoms with van der Waals surface area (Å²) < 4.78 is 24.7. The number of rotatable bonds is 4. The first-order chi connectivity index (χ1) is 13.0. The van der Waals surface area contributed by atoms with Gasteiger partial charge >= 0.3 is 0 Å². The molecule has 144 valence electrons. The summed E-state index contributed by atoms with van der Waals surface area (Å²) in [6.07, 6.45) is 4.72. The van der Waals surface area contributed by atoms with E-state index in [1.807, 2.05) is 35.4 Å². The molecule has 1 N–H and O–H groups in total. The Bertz CT molecular complexity index is 979. The highest BCUT2D eigenvalue weighted by Gasteiger charge is 2.48. The minimum Gasteiger partial charge on any atom is -0.361 e. The van der Waals surface area contributed by atoms with Crippen molar-refractivity contribution in [3.05, 3.63) is 36.0 Å². The molecule has 1 saturated carbocycles. The number of amides is 1. The zero-order valence-electron chi connectivity index (χ0n) is 15.3. The molecule has 1 amide bonds. The first-order valence-corrected chi connectivity index (χ1v) is 11.6. The van der Waals surface area contributed by atoms with Gasteiger partial charge in [0.2, 0.25) is 5.91 Å². The van der Waals surface area contributed by atoms with E-state index in [4.69, 9.17) is 0 Å². The van der Waals surface area contributed by atoms with Gasteiger partial charge in [-0.1, -0.05) is 18.2 Å². The molecule has 2 aliphatic heterocycles. The zero-order chi connectivity index (χ0) is 18.6. The van der Waals surface area contributed by atoms with Crippen molar-refractivity contribution in [1.29, 1.82) is 0 Å². The van der Waals surface area contributed by atoms with E-state index in [0.717, 1.165) is 35.5 Å². The van der Waals surface area contributed by atoms with Crippen molar-refractivity contribution in [1.82, 2.24) is 14.8 Å². The zero-order valence-corrected chi connectivity index (χ0v) is 16.1. The third kappa shape index (κ3) is 3.27. The van der Waals surface area contributed by atoms with Crippen LogP contribution in [0.3, 0.4) is 0 Å². The van der Waals surface area contributed by atoms with Crippen molar-refractivity contribution in [2.24, 2.45) is 5.92 Å². The highest BCUT2D eigenvalue weighted by Crippen LogP contribution is 2.34. The number of nitrogens with zero attached hydrogens (tertiary/aromatic N) is 2. The molecule has 2 aromatic rings. The molecule has 0 bridgehead atoms. The SMILES string of the molecule is O=C(Cc1c[nH]c2ccccc12)N1CCN(CC2CC2)[C@@H]2CS(=O)(=O)C[C@@H]21.